The molecule has 20 heavy (non-hydrogen) atoms. The van der Waals surface area contributed by atoms with Crippen molar-refractivity contribution in [2.75, 3.05) is 14.2 Å². The van der Waals surface area contributed by atoms with Crippen LogP contribution in [-0.4, -0.2) is 20.0 Å². The van der Waals surface area contributed by atoms with E-state index in [0.29, 0.717) is 22.1 Å². The maximum Gasteiger partial charge on any atom is 0.168 e. The number of Topliss-reactive ketones (excluding diaryl/α,β-unsaturated/α-hetero) is 1. The number of hydrogen-bond acceptors (Lipinski definition) is 3. The number of carbonyl (C=O) groups excluding carboxylic acids is 1. The van der Waals surface area contributed by atoms with E-state index in [1.807, 2.05) is 6.07 Å². The summed E-state index contributed by atoms with van der Waals surface area (Å²) in [6.45, 7) is 0. The standard InChI is InChI=1S/C16H15ClO3/c1-19-15-8-7-11(10-16(15)20-2)9-14(18)12-5-3-4-6-13(12)17/h3-8,10H,9H2,1-2H3. The quantitative estimate of drug-likeness (QED) is 0.786. The number of methoxy groups -OCH3 is 2. The molecule has 4 heteroatoms. The lowest BCUT2D eigenvalue weighted by atomic mass is 10.0. The van der Waals surface area contributed by atoms with Crippen LogP contribution in [0.15, 0.2) is 42.5 Å². The summed E-state index contributed by atoms with van der Waals surface area (Å²) in [7, 11) is 3.14. The largest absolute Gasteiger partial charge is 0.493 e. The highest BCUT2D eigenvalue weighted by Gasteiger charge is 2.12. The Morgan fingerprint density at radius 1 is 1.05 bits per heavy atom. The first-order valence-electron chi connectivity index (χ1n) is 6.14. The first-order valence-corrected chi connectivity index (χ1v) is 6.52. The summed E-state index contributed by atoms with van der Waals surface area (Å²) in [5.74, 6) is 1.22. The molecule has 2 rings (SSSR count). The first-order chi connectivity index (χ1) is 9.65. The Morgan fingerprint density at radius 3 is 2.40 bits per heavy atom. The molecular weight excluding hydrogens is 276 g/mol. The van der Waals surface area contributed by atoms with Crippen molar-refractivity contribution in [2.24, 2.45) is 0 Å². The van der Waals surface area contributed by atoms with E-state index in [9.17, 15) is 4.79 Å². The summed E-state index contributed by atoms with van der Waals surface area (Å²) in [6, 6.07) is 12.5. The van der Waals surface area contributed by atoms with Crippen molar-refractivity contribution >= 4 is 17.4 Å². The topological polar surface area (TPSA) is 35.5 Å². The summed E-state index contributed by atoms with van der Waals surface area (Å²) in [6.07, 6.45) is 0.268. The van der Waals surface area contributed by atoms with Gasteiger partial charge in [-0.1, -0.05) is 29.8 Å². The first kappa shape index (κ1) is 14.4. The van der Waals surface area contributed by atoms with Gasteiger partial charge >= 0.3 is 0 Å². The van der Waals surface area contributed by atoms with Crippen LogP contribution >= 0.6 is 11.6 Å². The Morgan fingerprint density at radius 2 is 1.75 bits per heavy atom. The van der Waals surface area contributed by atoms with Gasteiger partial charge in [0, 0.05) is 12.0 Å². The van der Waals surface area contributed by atoms with Gasteiger partial charge in [0.05, 0.1) is 19.2 Å². The zero-order chi connectivity index (χ0) is 14.5. The molecule has 0 heterocycles. The molecule has 2 aromatic carbocycles. The van der Waals surface area contributed by atoms with Crippen LogP contribution in [0, 0.1) is 0 Å². The molecule has 0 aliphatic heterocycles. The zero-order valence-corrected chi connectivity index (χ0v) is 12.1. The Labute approximate surface area is 123 Å². The monoisotopic (exact) mass is 290 g/mol. The molecule has 3 nitrogen and oxygen atoms in total. The Kier molecular flexibility index (Phi) is 4.64. The third kappa shape index (κ3) is 3.11. The van der Waals surface area contributed by atoms with Crippen LogP contribution in [0.1, 0.15) is 15.9 Å². The fourth-order valence-corrected chi connectivity index (χ4v) is 2.20. The molecule has 0 amide bonds. The second-order valence-corrected chi connectivity index (χ2v) is 4.68. The van der Waals surface area contributed by atoms with E-state index >= 15 is 0 Å². The number of hydrogen-bond donors (Lipinski definition) is 0. The summed E-state index contributed by atoms with van der Waals surface area (Å²) < 4.78 is 10.4. The lowest BCUT2D eigenvalue weighted by Gasteiger charge is -2.09. The lowest BCUT2D eigenvalue weighted by molar-refractivity contribution is 0.0993. The molecule has 2 aromatic rings. The third-order valence-electron chi connectivity index (χ3n) is 2.99. The molecule has 0 N–H and O–H groups in total. The number of ketones is 1. The van der Waals surface area contributed by atoms with Crippen molar-refractivity contribution in [3.63, 3.8) is 0 Å². The van der Waals surface area contributed by atoms with Crippen molar-refractivity contribution in [3.05, 3.63) is 58.6 Å². The highest BCUT2D eigenvalue weighted by molar-refractivity contribution is 6.34. The zero-order valence-electron chi connectivity index (χ0n) is 11.4. The maximum atomic E-state index is 12.2. The minimum atomic E-state index is -0.0252. The van der Waals surface area contributed by atoms with E-state index in [2.05, 4.69) is 0 Å². The third-order valence-corrected chi connectivity index (χ3v) is 3.32. The summed E-state index contributed by atoms with van der Waals surface area (Å²) >= 11 is 6.03. The van der Waals surface area contributed by atoms with Crippen LogP contribution in [0.25, 0.3) is 0 Å². The fourth-order valence-electron chi connectivity index (χ4n) is 1.96. The molecular formula is C16H15ClO3. The van der Waals surface area contributed by atoms with Crippen LogP contribution in [0.2, 0.25) is 5.02 Å². The number of carbonyl (C=O) groups is 1. The average Bonchev–Trinajstić information content (AvgIpc) is 2.47. The average molecular weight is 291 g/mol. The maximum absolute atomic E-state index is 12.2. The van der Waals surface area contributed by atoms with Gasteiger partial charge in [0.1, 0.15) is 0 Å². The Hall–Kier alpha value is -2.00. The molecule has 0 fully saturated rings. The lowest BCUT2D eigenvalue weighted by Crippen LogP contribution is -2.04. The highest BCUT2D eigenvalue weighted by atomic mass is 35.5. The van der Waals surface area contributed by atoms with Crippen LogP contribution in [-0.2, 0) is 6.42 Å². The predicted octanol–water partition coefficient (Wildman–Crippen LogP) is 3.78. The Balaban J connectivity index is 2.22. The van der Waals surface area contributed by atoms with Crippen molar-refractivity contribution in [1.82, 2.24) is 0 Å². The second kappa shape index (κ2) is 6.44. The van der Waals surface area contributed by atoms with Crippen LogP contribution in [0.3, 0.4) is 0 Å². The van der Waals surface area contributed by atoms with Crippen LogP contribution in [0.4, 0.5) is 0 Å². The molecule has 0 unspecified atom stereocenters. The molecule has 0 aromatic heterocycles. The second-order valence-electron chi connectivity index (χ2n) is 4.27. The molecule has 0 atom stereocenters. The molecule has 104 valence electrons. The summed E-state index contributed by atoms with van der Waals surface area (Å²) in [4.78, 5) is 12.2. The van der Waals surface area contributed by atoms with Gasteiger partial charge < -0.3 is 9.47 Å². The number of halogens is 1. The van der Waals surface area contributed by atoms with E-state index in [4.69, 9.17) is 21.1 Å². The molecule has 0 aliphatic rings. The predicted molar refractivity (Wildman–Crippen MR) is 79.0 cm³/mol. The van der Waals surface area contributed by atoms with Gasteiger partial charge in [-0.3, -0.25) is 4.79 Å². The van der Waals surface area contributed by atoms with Crippen LogP contribution in [0.5, 0.6) is 11.5 Å². The van der Waals surface area contributed by atoms with Gasteiger partial charge in [-0.2, -0.15) is 0 Å². The number of benzene rings is 2. The van der Waals surface area contributed by atoms with Gasteiger partial charge in [0.15, 0.2) is 17.3 Å². The molecule has 0 saturated heterocycles. The molecule has 0 saturated carbocycles. The number of rotatable bonds is 5. The van der Waals surface area contributed by atoms with E-state index < -0.39 is 0 Å². The molecule has 0 bridgehead atoms. The van der Waals surface area contributed by atoms with Gasteiger partial charge in [-0.25, -0.2) is 0 Å². The van der Waals surface area contributed by atoms with Gasteiger partial charge in [0.2, 0.25) is 0 Å². The van der Waals surface area contributed by atoms with E-state index in [0.717, 1.165) is 5.56 Å². The van der Waals surface area contributed by atoms with Crippen molar-refractivity contribution in [3.8, 4) is 11.5 Å². The van der Waals surface area contributed by atoms with Crippen LogP contribution < -0.4 is 9.47 Å². The van der Waals surface area contributed by atoms with Gasteiger partial charge in [-0.15, -0.1) is 0 Å². The summed E-state index contributed by atoms with van der Waals surface area (Å²) in [5.41, 5.74) is 1.39. The van der Waals surface area contributed by atoms with Gasteiger partial charge in [-0.05, 0) is 29.8 Å². The summed E-state index contributed by atoms with van der Waals surface area (Å²) in [5, 5.41) is 0.470. The van der Waals surface area contributed by atoms with Crippen molar-refractivity contribution in [2.45, 2.75) is 6.42 Å². The van der Waals surface area contributed by atoms with Crippen molar-refractivity contribution < 1.29 is 14.3 Å². The van der Waals surface area contributed by atoms with Gasteiger partial charge in [0.25, 0.3) is 0 Å². The van der Waals surface area contributed by atoms with E-state index in [1.165, 1.54) is 0 Å². The molecule has 0 spiro atoms. The minimum Gasteiger partial charge on any atom is -0.493 e. The van der Waals surface area contributed by atoms with E-state index in [-0.39, 0.29) is 12.2 Å². The minimum absolute atomic E-state index is 0.0252. The SMILES string of the molecule is COc1ccc(CC(=O)c2ccccc2Cl)cc1OC. The van der Waals surface area contributed by atoms with E-state index in [1.54, 1.807) is 50.6 Å². The molecule has 0 radical (unpaired) electrons. The Bertz CT molecular complexity index is 623. The molecule has 0 aliphatic carbocycles. The van der Waals surface area contributed by atoms with Crippen molar-refractivity contribution in [1.29, 1.82) is 0 Å². The highest BCUT2D eigenvalue weighted by Crippen LogP contribution is 2.28. The number of ether oxygens (including phenoxy) is 2. The smallest absolute Gasteiger partial charge is 0.168 e. The normalized spacial score (nSPS) is 10.2. The fraction of sp³-hybridized carbons (Fsp3) is 0.188.